The van der Waals surface area contributed by atoms with E-state index in [2.05, 4.69) is 63.5 Å². The molecule has 0 saturated heterocycles. The fourth-order valence-electron chi connectivity index (χ4n) is 2.30. The summed E-state index contributed by atoms with van der Waals surface area (Å²) in [6, 6.07) is 12.6. The molecular formula is C19H23N. The zero-order chi connectivity index (χ0) is 14.8. The van der Waals surface area contributed by atoms with E-state index in [0.717, 1.165) is 11.3 Å². The molecule has 2 rings (SSSR count). The molecule has 0 bridgehead atoms. The Labute approximate surface area is 122 Å². The molecule has 0 radical (unpaired) electrons. The van der Waals surface area contributed by atoms with E-state index in [1.165, 1.54) is 11.1 Å². The van der Waals surface area contributed by atoms with Crippen LogP contribution in [0.25, 0.3) is 17.3 Å². The Morgan fingerprint density at radius 1 is 1.15 bits per heavy atom. The second kappa shape index (κ2) is 5.62. The van der Waals surface area contributed by atoms with E-state index in [0.29, 0.717) is 5.92 Å². The summed E-state index contributed by atoms with van der Waals surface area (Å²) < 4.78 is 0. The smallest absolute Gasteiger partial charge is 0.0705 e. The minimum atomic E-state index is 0.104. The van der Waals surface area contributed by atoms with Crippen LogP contribution in [0.1, 0.15) is 38.8 Å². The van der Waals surface area contributed by atoms with Crippen molar-refractivity contribution in [1.82, 2.24) is 4.98 Å². The summed E-state index contributed by atoms with van der Waals surface area (Å²) in [7, 11) is 0. The highest BCUT2D eigenvalue weighted by molar-refractivity contribution is 5.69. The molecule has 0 aliphatic rings. The second-order valence-electron chi connectivity index (χ2n) is 6.10. The lowest BCUT2D eigenvalue weighted by Gasteiger charge is -2.32. The van der Waals surface area contributed by atoms with E-state index < -0.39 is 0 Å². The van der Waals surface area contributed by atoms with Gasteiger partial charge in [-0.3, -0.25) is 4.98 Å². The van der Waals surface area contributed by atoms with Crippen LogP contribution in [0.15, 0.2) is 49.2 Å². The van der Waals surface area contributed by atoms with Crippen LogP contribution in [-0.2, 0) is 5.41 Å². The summed E-state index contributed by atoms with van der Waals surface area (Å²) in [6.07, 6.45) is 3.74. The van der Waals surface area contributed by atoms with Gasteiger partial charge < -0.3 is 0 Å². The SMILES string of the molecule is C=Cc1ccc(C(C)(C)C(C)C)c(-c2ccccn2)c1. The van der Waals surface area contributed by atoms with Crippen LogP contribution < -0.4 is 0 Å². The van der Waals surface area contributed by atoms with Gasteiger partial charge in [0.05, 0.1) is 5.69 Å². The molecule has 0 saturated carbocycles. The third kappa shape index (κ3) is 2.67. The van der Waals surface area contributed by atoms with Gasteiger partial charge in [-0.25, -0.2) is 0 Å². The molecule has 1 aromatic carbocycles. The number of nitrogens with zero attached hydrogens (tertiary/aromatic N) is 1. The summed E-state index contributed by atoms with van der Waals surface area (Å²) >= 11 is 0. The van der Waals surface area contributed by atoms with Crippen molar-refractivity contribution in [2.75, 3.05) is 0 Å². The Bertz CT molecular complexity index is 594. The predicted octanol–water partition coefficient (Wildman–Crippen LogP) is 5.33. The zero-order valence-electron chi connectivity index (χ0n) is 12.9. The molecule has 1 nitrogen and oxygen atoms in total. The molecule has 104 valence electrons. The van der Waals surface area contributed by atoms with Crippen molar-refractivity contribution in [3.63, 3.8) is 0 Å². The van der Waals surface area contributed by atoms with Crippen molar-refractivity contribution in [3.8, 4) is 11.3 Å². The number of hydrogen-bond donors (Lipinski definition) is 0. The molecule has 0 atom stereocenters. The molecule has 0 unspecified atom stereocenters. The van der Waals surface area contributed by atoms with Crippen LogP contribution in [-0.4, -0.2) is 4.98 Å². The summed E-state index contributed by atoms with van der Waals surface area (Å²) in [4.78, 5) is 4.52. The normalized spacial score (nSPS) is 11.7. The maximum absolute atomic E-state index is 4.52. The molecular weight excluding hydrogens is 242 g/mol. The van der Waals surface area contributed by atoms with E-state index in [4.69, 9.17) is 0 Å². The molecule has 0 spiro atoms. The van der Waals surface area contributed by atoms with E-state index in [-0.39, 0.29) is 5.41 Å². The summed E-state index contributed by atoms with van der Waals surface area (Å²) in [5.74, 6) is 0.555. The van der Waals surface area contributed by atoms with Crippen molar-refractivity contribution < 1.29 is 0 Å². The molecule has 0 aliphatic carbocycles. The summed E-state index contributed by atoms with van der Waals surface area (Å²) in [5, 5.41) is 0. The van der Waals surface area contributed by atoms with Gasteiger partial charge in [0.15, 0.2) is 0 Å². The molecule has 0 amide bonds. The van der Waals surface area contributed by atoms with Gasteiger partial charge in [0.25, 0.3) is 0 Å². The Morgan fingerprint density at radius 3 is 2.45 bits per heavy atom. The van der Waals surface area contributed by atoms with Crippen LogP contribution in [0, 0.1) is 5.92 Å². The topological polar surface area (TPSA) is 12.9 Å². The number of rotatable bonds is 4. The van der Waals surface area contributed by atoms with Gasteiger partial charge in [-0.1, -0.05) is 58.5 Å². The number of benzene rings is 1. The lowest BCUT2D eigenvalue weighted by Crippen LogP contribution is -2.25. The van der Waals surface area contributed by atoms with Gasteiger partial charge in [0.2, 0.25) is 0 Å². The number of hydrogen-bond acceptors (Lipinski definition) is 1. The Morgan fingerprint density at radius 2 is 1.90 bits per heavy atom. The first kappa shape index (κ1) is 14.5. The van der Waals surface area contributed by atoms with Crippen molar-refractivity contribution >= 4 is 6.08 Å². The molecule has 1 heteroatoms. The van der Waals surface area contributed by atoms with Crippen LogP contribution >= 0.6 is 0 Å². The molecule has 2 aromatic rings. The molecule has 0 fully saturated rings. The largest absolute Gasteiger partial charge is 0.256 e. The highest BCUT2D eigenvalue weighted by atomic mass is 14.7. The quantitative estimate of drug-likeness (QED) is 0.728. The van der Waals surface area contributed by atoms with Crippen LogP contribution in [0.3, 0.4) is 0 Å². The fraction of sp³-hybridized carbons (Fsp3) is 0.316. The van der Waals surface area contributed by atoms with Crippen LogP contribution in [0.4, 0.5) is 0 Å². The average molecular weight is 265 g/mol. The third-order valence-electron chi connectivity index (χ3n) is 4.36. The molecule has 1 aromatic heterocycles. The van der Waals surface area contributed by atoms with E-state index >= 15 is 0 Å². The highest BCUT2D eigenvalue weighted by Gasteiger charge is 2.27. The summed E-state index contributed by atoms with van der Waals surface area (Å²) in [5.41, 5.74) is 4.82. The van der Waals surface area contributed by atoms with Gasteiger partial charge in [-0.2, -0.15) is 0 Å². The molecule has 0 N–H and O–H groups in total. The lowest BCUT2D eigenvalue weighted by molar-refractivity contribution is 0.373. The average Bonchev–Trinajstić information content (AvgIpc) is 2.47. The van der Waals surface area contributed by atoms with Gasteiger partial charge in [0, 0.05) is 11.8 Å². The predicted molar refractivity (Wildman–Crippen MR) is 87.6 cm³/mol. The molecule has 1 heterocycles. The third-order valence-corrected chi connectivity index (χ3v) is 4.36. The van der Waals surface area contributed by atoms with Crippen LogP contribution in [0.5, 0.6) is 0 Å². The first-order chi connectivity index (χ1) is 9.46. The molecule has 20 heavy (non-hydrogen) atoms. The fourth-order valence-corrected chi connectivity index (χ4v) is 2.30. The minimum Gasteiger partial charge on any atom is -0.256 e. The van der Waals surface area contributed by atoms with E-state index in [1.54, 1.807) is 0 Å². The monoisotopic (exact) mass is 265 g/mol. The summed E-state index contributed by atoms with van der Waals surface area (Å²) in [6.45, 7) is 13.0. The highest BCUT2D eigenvalue weighted by Crippen LogP contribution is 2.38. The van der Waals surface area contributed by atoms with Gasteiger partial charge >= 0.3 is 0 Å². The van der Waals surface area contributed by atoms with Crippen LogP contribution in [0.2, 0.25) is 0 Å². The zero-order valence-corrected chi connectivity index (χ0v) is 12.9. The maximum Gasteiger partial charge on any atom is 0.0705 e. The Hall–Kier alpha value is -1.89. The standard InChI is InChI=1S/C19H23N/c1-6-15-10-11-17(19(4,5)14(2)3)16(13-15)18-9-7-8-12-20-18/h6-14H,1H2,2-5H3. The van der Waals surface area contributed by atoms with E-state index in [9.17, 15) is 0 Å². The van der Waals surface area contributed by atoms with Crippen molar-refractivity contribution in [2.24, 2.45) is 5.92 Å². The second-order valence-corrected chi connectivity index (χ2v) is 6.10. The van der Waals surface area contributed by atoms with Gasteiger partial charge in [0.1, 0.15) is 0 Å². The van der Waals surface area contributed by atoms with Gasteiger partial charge in [-0.05, 0) is 40.7 Å². The van der Waals surface area contributed by atoms with Crippen molar-refractivity contribution in [2.45, 2.75) is 33.1 Å². The molecule has 0 aliphatic heterocycles. The van der Waals surface area contributed by atoms with Crippen molar-refractivity contribution in [3.05, 3.63) is 60.3 Å². The first-order valence-electron chi connectivity index (χ1n) is 7.15. The lowest BCUT2D eigenvalue weighted by atomic mass is 9.72. The van der Waals surface area contributed by atoms with Crippen molar-refractivity contribution in [1.29, 1.82) is 0 Å². The van der Waals surface area contributed by atoms with E-state index in [1.807, 2.05) is 24.4 Å². The maximum atomic E-state index is 4.52. The first-order valence-corrected chi connectivity index (χ1v) is 7.15. The minimum absolute atomic E-state index is 0.104. The Balaban J connectivity index is 2.67. The Kier molecular flexibility index (Phi) is 4.08. The number of aromatic nitrogens is 1. The van der Waals surface area contributed by atoms with Gasteiger partial charge in [-0.15, -0.1) is 0 Å². The number of pyridine rings is 1.